The number of hydrogen-bond acceptors (Lipinski definition) is 4. The summed E-state index contributed by atoms with van der Waals surface area (Å²) in [6.07, 6.45) is 6.52. The molecular formula is C15H27N5O. The van der Waals surface area contributed by atoms with E-state index in [0.717, 1.165) is 31.0 Å². The number of aromatic nitrogens is 3. The van der Waals surface area contributed by atoms with Crippen molar-refractivity contribution >= 4 is 5.91 Å². The molecule has 6 nitrogen and oxygen atoms in total. The first-order chi connectivity index (χ1) is 10.1. The van der Waals surface area contributed by atoms with Crippen molar-refractivity contribution in [1.29, 1.82) is 0 Å². The number of nitrogens with zero attached hydrogens (tertiary/aromatic N) is 4. The zero-order chi connectivity index (χ0) is 15.2. The molecule has 0 atom stereocenters. The fourth-order valence-corrected chi connectivity index (χ4v) is 2.83. The number of likely N-dealkylation sites (N-methyl/N-ethyl adjacent to an activating group) is 1. The zero-order valence-corrected chi connectivity index (χ0v) is 13.4. The van der Waals surface area contributed by atoms with E-state index in [1.807, 2.05) is 25.1 Å². The summed E-state index contributed by atoms with van der Waals surface area (Å²) in [6, 6.07) is 0.387. The van der Waals surface area contributed by atoms with Crippen LogP contribution in [0.1, 0.15) is 45.2 Å². The van der Waals surface area contributed by atoms with Crippen molar-refractivity contribution in [3.8, 4) is 0 Å². The van der Waals surface area contributed by atoms with Gasteiger partial charge < -0.3 is 10.2 Å². The van der Waals surface area contributed by atoms with Crippen LogP contribution in [-0.2, 0) is 17.9 Å². The third kappa shape index (κ3) is 4.52. The number of carbonyl (C=O) groups is 1. The lowest BCUT2D eigenvalue weighted by molar-refractivity contribution is -0.133. The highest BCUT2D eigenvalue weighted by Gasteiger charge is 2.24. The predicted molar refractivity (Wildman–Crippen MR) is 81.6 cm³/mol. The van der Waals surface area contributed by atoms with Gasteiger partial charge in [0.05, 0.1) is 11.9 Å². The van der Waals surface area contributed by atoms with Crippen molar-refractivity contribution < 1.29 is 4.79 Å². The fourth-order valence-electron chi connectivity index (χ4n) is 2.83. The van der Waals surface area contributed by atoms with Crippen LogP contribution in [0.15, 0.2) is 6.20 Å². The van der Waals surface area contributed by atoms with E-state index in [9.17, 15) is 4.79 Å². The third-order valence-corrected chi connectivity index (χ3v) is 4.37. The molecule has 1 amide bonds. The Morgan fingerprint density at radius 1 is 1.43 bits per heavy atom. The predicted octanol–water partition coefficient (Wildman–Crippen LogP) is 1.42. The van der Waals surface area contributed by atoms with Crippen molar-refractivity contribution in [3.05, 3.63) is 11.9 Å². The summed E-state index contributed by atoms with van der Waals surface area (Å²) >= 11 is 0. The number of carbonyl (C=O) groups excluding carboxylic acids is 1. The van der Waals surface area contributed by atoms with Gasteiger partial charge in [0.1, 0.15) is 6.54 Å². The number of rotatable bonds is 6. The summed E-state index contributed by atoms with van der Waals surface area (Å²) in [7, 11) is 1.92. The van der Waals surface area contributed by atoms with Crippen LogP contribution < -0.4 is 5.32 Å². The lowest BCUT2D eigenvalue weighted by Gasteiger charge is -2.33. The summed E-state index contributed by atoms with van der Waals surface area (Å²) in [4.78, 5) is 14.2. The van der Waals surface area contributed by atoms with Crippen molar-refractivity contribution in [1.82, 2.24) is 25.2 Å². The van der Waals surface area contributed by atoms with E-state index in [0.29, 0.717) is 12.6 Å². The molecule has 0 aliphatic heterocycles. The molecule has 1 aliphatic rings. The molecule has 1 fully saturated rings. The minimum Gasteiger partial charge on any atom is -0.341 e. The lowest BCUT2D eigenvalue weighted by atomic mass is 9.87. The highest BCUT2D eigenvalue weighted by atomic mass is 16.2. The summed E-state index contributed by atoms with van der Waals surface area (Å²) in [5, 5.41) is 11.3. The molecule has 118 valence electrons. The monoisotopic (exact) mass is 293 g/mol. The van der Waals surface area contributed by atoms with Crippen molar-refractivity contribution in [3.63, 3.8) is 0 Å². The molecule has 6 heteroatoms. The Hall–Kier alpha value is -1.43. The van der Waals surface area contributed by atoms with Gasteiger partial charge in [-0.15, -0.1) is 5.10 Å². The molecule has 2 rings (SSSR count). The maximum Gasteiger partial charge on any atom is 0.244 e. The second-order valence-electron chi connectivity index (χ2n) is 6.11. The Bertz CT molecular complexity index is 451. The van der Waals surface area contributed by atoms with E-state index >= 15 is 0 Å². The van der Waals surface area contributed by atoms with E-state index < -0.39 is 0 Å². The van der Waals surface area contributed by atoms with Gasteiger partial charge in [-0.3, -0.25) is 4.79 Å². The lowest BCUT2D eigenvalue weighted by Crippen LogP contribution is -2.41. The average Bonchev–Trinajstić information content (AvgIpc) is 2.92. The van der Waals surface area contributed by atoms with E-state index in [1.165, 1.54) is 12.8 Å². The molecule has 0 bridgehead atoms. The Morgan fingerprint density at radius 2 is 2.14 bits per heavy atom. The Balaban J connectivity index is 1.84. The number of nitrogens with one attached hydrogen (secondary N) is 1. The molecule has 21 heavy (non-hydrogen) atoms. The molecular weight excluding hydrogens is 266 g/mol. The van der Waals surface area contributed by atoms with Gasteiger partial charge in [0.15, 0.2) is 0 Å². The van der Waals surface area contributed by atoms with Gasteiger partial charge in [-0.05, 0) is 38.1 Å². The molecule has 1 aromatic rings. The molecule has 1 aliphatic carbocycles. The van der Waals surface area contributed by atoms with Crippen LogP contribution in [0, 0.1) is 5.92 Å². The number of amides is 1. The zero-order valence-electron chi connectivity index (χ0n) is 13.4. The highest BCUT2D eigenvalue weighted by molar-refractivity contribution is 5.75. The summed E-state index contributed by atoms with van der Waals surface area (Å²) in [6.45, 7) is 6.21. The van der Waals surface area contributed by atoms with Crippen LogP contribution in [0.25, 0.3) is 0 Å². The molecule has 0 unspecified atom stereocenters. The smallest absolute Gasteiger partial charge is 0.244 e. The van der Waals surface area contributed by atoms with Crippen LogP contribution in [0.3, 0.4) is 0 Å². The molecule has 1 N–H and O–H groups in total. The Morgan fingerprint density at radius 3 is 2.81 bits per heavy atom. The van der Waals surface area contributed by atoms with Crippen LogP contribution >= 0.6 is 0 Å². The van der Waals surface area contributed by atoms with E-state index in [4.69, 9.17) is 0 Å². The van der Waals surface area contributed by atoms with E-state index in [1.54, 1.807) is 4.68 Å². The van der Waals surface area contributed by atoms with Crippen LogP contribution in [0.5, 0.6) is 0 Å². The first kappa shape index (κ1) is 15.9. The van der Waals surface area contributed by atoms with Crippen LogP contribution in [-0.4, -0.2) is 45.4 Å². The molecule has 0 saturated heterocycles. The SMILES string of the molecule is CCNCc1cn(CC(=O)N(C)C2CCC(C)CC2)nn1. The summed E-state index contributed by atoms with van der Waals surface area (Å²) in [5.74, 6) is 0.920. The second-order valence-corrected chi connectivity index (χ2v) is 6.11. The maximum atomic E-state index is 12.3. The normalized spacial score (nSPS) is 22.2. The summed E-state index contributed by atoms with van der Waals surface area (Å²) in [5.41, 5.74) is 0.874. The maximum absolute atomic E-state index is 12.3. The van der Waals surface area contributed by atoms with Gasteiger partial charge in [-0.1, -0.05) is 19.1 Å². The first-order valence-corrected chi connectivity index (χ1v) is 7.95. The van der Waals surface area contributed by atoms with Gasteiger partial charge >= 0.3 is 0 Å². The Kier molecular flexibility index (Phi) is 5.73. The molecule has 1 saturated carbocycles. The average molecular weight is 293 g/mol. The van der Waals surface area contributed by atoms with Gasteiger partial charge in [-0.2, -0.15) is 0 Å². The molecule has 0 spiro atoms. The van der Waals surface area contributed by atoms with Crippen molar-refractivity contribution in [2.75, 3.05) is 13.6 Å². The van der Waals surface area contributed by atoms with Crippen LogP contribution in [0.4, 0.5) is 0 Å². The molecule has 0 radical (unpaired) electrons. The standard InChI is InChI=1S/C15H27N5O/c1-4-16-9-13-10-20(18-17-13)11-15(21)19(3)14-7-5-12(2)6-8-14/h10,12,14,16H,4-9,11H2,1-3H3. The fraction of sp³-hybridized carbons (Fsp3) is 0.800. The van der Waals surface area contributed by atoms with Gasteiger partial charge in [0.2, 0.25) is 5.91 Å². The second kappa shape index (κ2) is 7.54. The summed E-state index contributed by atoms with van der Waals surface area (Å²) < 4.78 is 1.64. The third-order valence-electron chi connectivity index (χ3n) is 4.37. The molecule has 1 aromatic heterocycles. The first-order valence-electron chi connectivity index (χ1n) is 7.95. The highest BCUT2D eigenvalue weighted by Crippen LogP contribution is 2.26. The largest absolute Gasteiger partial charge is 0.341 e. The van der Waals surface area contributed by atoms with Crippen LogP contribution in [0.2, 0.25) is 0 Å². The number of hydrogen-bond donors (Lipinski definition) is 1. The minimum atomic E-state index is 0.120. The van der Waals surface area contributed by atoms with Gasteiger partial charge in [0, 0.05) is 19.6 Å². The van der Waals surface area contributed by atoms with Crippen molar-refractivity contribution in [2.24, 2.45) is 5.92 Å². The van der Waals surface area contributed by atoms with Gasteiger partial charge in [-0.25, -0.2) is 4.68 Å². The molecule has 1 heterocycles. The Labute approximate surface area is 126 Å². The van der Waals surface area contributed by atoms with E-state index in [-0.39, 0.29) is 12.5 Å². The molecule has 0 aromatic carbocycles. The minimum absolute atomic E-state index is 0.120. The topological polar surface area (TPSA) is 63.1 Å². The van der Waals surface area contributed by atoms with Crippen molar-refractivity contribution in [2.45, 2.75) is 58.7 Å². The van der Waals surface area contributed by atoms with Gasteiger partial charge in [0.25, 0.3) is 0 Å². The van der Waals surface area contributed by atoms with E-state index in [2.05, 4.69) is 22.6 Å². The quantitative estimate of drug-likeness (QED) is 0.862.